The van der Waals surface area contributed by atoms with E-state index in [0.717, 1.165) is 32.4 Å². The topological polar surface area (TPSA) is 48.0 Å². The number of hydrogen-bond acceptors (Lipinski definition) is 4. The first-order valence-corrected chi connectivity index (χ1v) is 9.20. The van der Waals surface area contributed by atoms with Crippen molar-refractivity contribution in [2.24, 2.45) is 0 Å². The number of hydrogen-bond donors (Lipinski definition) is 0. The molecule has 0 aromatic rings. The number of ether oxygens (including phenoxy) is 3. The largest absolute Gasteiger partial charge is 0.444 e. The normalized spacial score (nSPS) is 22.7. The second-order valence-electron chi connectivity index (χ2n) is 6.78. The summed E-state index contributed by atoms with van der Waals surface area (Å²) in [7, 11) is 0. The molecule has 1 rings (SSSR count). The minimum Gasteiger partial charge on any atom is -0.444 e. The van der Waals surface area contributed by atoms with Crippen LogP contribution in [0.4, 0.5) is 4.79 Å². The minimum absolute atomic E-state index is 0.261. The first kappa shape index (κ1) is 19.7. The lowest BCUT2D eigenvalue weighted by molar-refractivity contribution is -0.0898. The van der Waals surface area contributed by atoms with Gasteiger partial charge in [-0.2, -0.15) is 0 Å². The number of carbonyl (C=O) groups is 1. The van der Waals surface area contributed by atoms with Crippen molar-refractivity contribution in [2.45, 2.75) is 58.2 Å². The van der Waals surface area contributed by atoms with Crippen LogP contribution in [0.25, 0.3) is 0 Å². The Bertz CT molecular complexity index is 346. The smallest absolute Gasteiger partial charge is 0.410 e. The summed E-state index contributed by atoms with van der Waals surface area (Å²) in [6, 6.07) is 0. The standard InChI is InChI=1S/C16H30BrNO4/c1-5-9-20-10-11-21-16(12-17)7-6-8-18(13-16)14(19)22-15(2,3)4/h5-13H2,1-4H3. The highest BCUT2D eigenvalue weighted by Crippen LogP contribution is 2.28. The molecule has 1 saturated heterocycles. The molecule has 0 aliphatic carbocycles. The summed E-state index contributed by atoms with van der Waals surface area (Å²) in [6.45, 7) is 10.9. The number of carbonyl (C=O) groups excluding carboxylic acids is 1. The molecule has 1 fully saturated rings. The van der Waals surface area contributed by atoms with Crippen LogP contribution in [0.2, 0.25) is 0 Å². The minimum atomic E-state index is -0.472. The Kier molecular flexibility index (Phi) is 8.14. The van der Waals surface area contributed by atoms with Crippen molar-refractivity contribution in [3.8, 4) is 0 Å². The molecule has 0 N–H and O–H groups in total. The van der Waals surface area contributed by atoms with Crippen LogP contribution in [-0.2, 0) is 14.2 Å². The molecule has 22 heavy (non-hydrogen) atoms. The Morgan fingerprint density at radius 3 is 2.59 bits per heavy atom. The van der Waals surface area contributed by atoms with Gasteiger partial charge in [-0.25, -0.2) is 4.79 Å². The van der Waals surface area contributed by atoms with Gasteiger partial charge in [0.1, 0.15) is 5.60 Å². The van der Waals surface area contributed by atoms with Gasteiger partial charge in [0.05, 0.1) is 25.4 Å². The number of likely N-dealkylation sites (tertiary alicyclic amines) is 1. The van der Waals surface area contributed by atoms with Crippen molar-refractivity contribution in [1.29, 1.82) is 0 Å². The van der Waals surface area contributed by atoms with E-state index in [0.29, 0.717) is 25.1 Å². The Morgan fingerprint density at radius 2 is 2.00 bits per heavy atom. The lowest BCUT2D eigenvalue weighted by Crippen LogP contribution is -2.54. The maximum absolute atomic E-state index is 12.2. The van der Waals surface area contributed by atoms with Gasteiger partial charge in [0, 0.05) is 18.5 Å². The molecule has 6 heteroatoms. The molecule has 1 amide bonds. The molecule has 130 valence electrons. The molecule has 0 spiro atoms. The van der Waals surface area contributed by atoms with Gasteiger partial charge in [-0.15, -0.1) is 0 Å². The van der Waals surface area contributed by atoms with Crippen LogP contribution in [0.1, 0.15) is 47.0 Å². The molecule has 0 saturated carbocycles. The molecule has 0 radical (unpaired) electrons. The van der Waals surface area contributed by atoms with Crippen LogP contribution < -0.4 is 0 Å². The van der Waals surface area contributed by atoms with Gasteiger partial charge in [0.25, 0.3) is 0 Å². The highest BCUT2D eigenvalue weighted by atomic mass is 79.9. The summed E-state index contributed by atoms with van der Waals surface area (Å²) in [6.07, 6.45) is 2.60. The average Bonchev–Trinajstić information content (AvgIpc) is 2.45. The van der Waals surface area contributed by atoms with E-state index in [1.165, 1.54) is 0 Å². The highest BCUT2D eigenvalue weighted by molar-refractivity contribution is 9.09. The van der Waals surface area contributed by atoms with E-state index in [2.05, 4.69) is 22.9 Å². The molecule has 5 nitrogen and oxygen atoms in total. The predicted molar refractivity (Wildman–Crippen MR) is 90.6 cm³/mol. The van der Waals surface area contributed by atoms with Gasteiger partial charge in [-0.05, 0) is 40.0 Å². The fourth-order valence-corrected chi connectivity index (χ4v) is 3.03. The van der Waals surface area contributed by atoms with Gasteiger partial charge in [-0.3, -0.25) is 0 Å². The zero-order chi connectivity index (χ0) is 16.6. The van der Waals surface area contributed by atoms with Crippen molar-refractivity contribution in [1.82, 2.24) is 4.90 Å². The third kappa shape index (κ3) is 6.84. The summed E-state index contributed by atoms with van der Waals surface area (Å²) >= 11 is 3.54. The van der Waals surface area contributed by atoms with Crippen LogP contribution >= 0.6 is 15.9 Å². The van der Waals surface area contributed by atoms with Crippen molar-refractivity contribution < 1.29 is 19.0 Å². The summed E-state index contributed by atoms with van der Waals surface area (Å²) in [5.41, 5.74) is -0.814. The molecular formula is C16H30BrNO4. The van der Waals surface area contributed by atoms with Crippen LogP contribution in [-0.4, -0.2) is 60.4 Å². The molecule has 0 bridgehead atoms. The van der Waals surface area contributed by atoms with E-state index < -0.39 is 5.60 Å². The molecule has 0 aromatic heterocycles. The molecule has 0 aromatic carbocycles. The fraction of sp³-hybridized carbons (Fsp3) is 0.938. The van der Waals surface area contributed by atoms with Gasteiger partial charge in [0.2, 0.25) is 0 Å². The second kappa shape index (κ2) is 9.08. The van der Waals surface area contributed by atoms with Crippen molar-refractivity contribution in [2.75, 3.05) is 38.2 Å². The van der Waals surface area contributed by atoms with E-state index in [-0.39, 0.29) is 11.7 Å². The zero-order valence-electron chi connectivity index (χ0n) is 14.3. The lowest BCUT2D eigenvalue weighted by Gasteiger charge is -2.41. The van der Waals surface area contributed by atoms with Crippen molar-refractivity contribution in [3.63, 3.8) is 0 Å². The molecule has 1 atom stereocenters. The zero-order valence-corrected chi connectivity index (χ0v) is 15.9. The van der Waals surface area contributed by atoms with Gasteiger partial charge in [-0.1, -0.05) is 22.9 Å². The van der Waals surface area contributed by atoms with Crippen molar-refractivity contribution in [3.05, 3.63) is 0 Å². The summed E-state index contributed by atoms with van der Waals surface area (Å²) in [5, 5.41) is 0.701. The van der Waals surface area contributed by atoms with E-state index >= 15 is 0 Å². The van der Waals surface area contributed by atoms with Gasteiger partial charge in [0.15, 0.2) is 0 Å². The summed E-state index contributed by atoms with van der Waals surface area (Å²) in [5.74, 6) is 0. The first-order valence-electron chi connectivity index (χ1n) is 8.07. The summed E-state index contributed by atoms with van der Waals surface area (Å²) in [4.78, 5) is 14.0. The van der Waals surface area contributed by atoms with Crippen LogP contribution in [0.15, 0.2) is 0 Å². The average molecular weight is 380 g/mol. The first-order chi connectivity index (χ1) is 10.3. The third-order valence-electron chi connectivity index (χ3n) is 3.42. The molecule has 1 aliphatic heterocycles. The number of rotatable bonds is 7. The maximum Gasteiger partial charge on any atom is 0.410 e. The number of piperidine rings is 1. The Hall–Kier alpha value is -0.330. The van der Waals surface area contributed by atoms with Crippen molar-refractivity contribution >= 4 is 22.0 Å². The molecule has 1 aliphatic rings. The number of alkyl halides is 1. The number of nitrogens with zero attached hydrogens (tertiary/aromatic N) is 1. The Balaban J connectivity index is 2.51. The Labute approximate surface area is 142 Å². The predicted octanol–water partition coefficient (Wildman–Crippen LogP) is 3.59. The number of halogens is 1. The van der Waals surface area contributed by atoms with E-state index in [9.17, 15) is 4.79 Å². The summed E-state index contributed by atoms with van der Waals surface area (Å²) < 4.78 is 17.0. The molecule has 1 unspecified atom stereocenters. The molecular weight excluding hydrogens is 350 g/mol. The fourth-order valence-electron chi connectivity index (χ4n) is 2.41. The van der Waals surface area contributed by atoms with Crippen LogP contribution in [0.3, 0.4) is 0 Å². The highest BCUT2D eigenvalue weighted by Gasteiger charge is 2.38. The lowest BCUT2D eigenvalue weighted by atomic mass is 9.95. The second-order valence-corrected chi connectivity index (χ2v) is 7.34. The van der Waals surface area contributed by atoms with E-state index in [1.54, 1.807) is 4.90 Å². The van der Waals surface area contributed by atoms with Gasteiger partial charge < -0.3 is 19.1 Å². The SMILES string of the molecule is CCCOCCOC1(CBr)CCCN(C(=O)OC(C)(C)C)C1. The third-order valence-corrected chi connectivity index (χ3v) is 4.44. The van der Waals surface area contributed by atoms with Crippen LogP contribution in [0, 0.1) is 0 Å². The van der Waals surface area contributed by atoms with Gasteiger partial charge >= 0.3 is 6.09 Å². The van der Waals surface area contributed by atoms with E-state index in [4.69, 9.17) is 14.2 Å². The van der Waals surface area contributed by atoms with Crippen LogP contribution in [0.5, 0.6) is 0 Å². The Morgan fingerprint density at radius 1 is 1.27 bits per heavy atom. The maximum atomic E-state index is 12.2. The number of amides is 1. The quantitative estimate of drug-likeness (QED) is 0.500. The van der Waals surface area contributed by atoms with E-state index in [1.807, 2.05) is 20.8 Å². The molecule has 1 heterocycles. The monoisotopic (exact) mass is 379 g/mol.